The molecule has 0 aliphatic heterocycles. The number of ether oxygens (including phenoxy) is 1. The minimum Gasteiger partial charge on any atom is -0.465 e. The number of carbonyl (C=O) groups excluding carboxylic acids is 1. The molecular formula is C19H17FN4O2. The number of nitrogens with one attached hydrogen (secondary N) is 2. The lowest BCUT2D eigenvalue weighted by Gasteiger charge is -2.11. The van der Waals surface area contributed by atoms with E-state index in [0.29, 0.717) is 34.4 Å². The van der Waals surface area contributed by atoms with E-state index in [1.165, 1.54) is 13.2 Å². The van der Waals surface area contributed by atoms with Crippen molar-refractivity contribution >= 4 is 29.0 Å². The number of carbonyl (C=O) groups is 1. The average Bonchev–Trinajstić information content (AvgIpc) is 2.63. The van der Waals surface area contributed by atoms with E-state index in [1.54, 1.807) is 55.5 Å². The molecular weight excluding hydrogens is 335 g/mol. The Hall–Kier alpha value is -3.48. The van der Waals surface area contributed by atoms with Crippen LogP contribution < -0.4 is 10.6 Å². The molecule has 3 aromatic rings. The average molecular weight is 352 g/mol. The van der Waals surface area contributed by atoms with E-state index < -0.39 is 5.97 Å². The van der Waals surface area contributed by atoms with Gasteiger partial charge in [0.25, 0.3) is 0 Å². The van der Waals surface area contributed by atoms with Gasteiger partial charge in [-0.15, -0.1) is 0 Å². The summed E-state index contributed by atoms with van der Waals surface area (Å²) in [6, 6.07) is 14.9. The predicted octanol–water partition coefficient (Wildman–Crippen LogP) is 4.20. The van der Waals surface area contributed by atoms with Crippen LogP contribution in [0.15, 0.2) is 54.6 Å². The fraction of sp³-hybridized carbons (Fsp3) is 0.105. The van der Waals surface area contributed by atoms with E-state index in [1.807, 2.05) is 0 Å². The number of anilines is 4. The first kappa shape index (κ1) is 17.3. The Bertz CT molecular complexity index is 946. The molecule has 1 heterocycles. The maximum absolute atomic E-state index is 13.8. The van der Waals surface area contributed by atoms with Crippen molar-refractivity contribution in [3.05, 3.63) is 71.8 Å². The highest BCUT2D eigenvalue weighted by Crippen LogP contribution is 2.22. The summed E-state index contributed by atoms with van der Waals surface area (Å²) in [5.74, 6) is 0.684. The second-order valence-corrected chi connectivity index (χ2v) is 5.49. The SMILES string of the molecule is COC(=O)c1cccc(Nc2cc(Nc3ccccc3F)nc(C)n2)c1. The van der Waals surface area contributed by atoms with Crippen LogP contribution in [0.5, 0.6) is 0 Å². The lowest BCUT2D eigenvalue weighted by molar-refractivity contribution is 0.0601. The Morgan fingerprint density at radius 1 is 1.00 bits per heavy atom. The van der Waals surface area contributed by atoms with Crippen LogP contribution in [0.3, 0.4) is 0 Å². The summed E-state index contributed by atoms with van der Waals surface area (Å²) in [6.07, 6.45) is 0. The number of rotatable bonds is 5. The summed E-state index contributed by atoms with van der Waals surface area (Å²) >= 11 is 0. The van der Waals surface area contributed by atoms with Crippen molar-refractivity contribution in [3.8, 4) is 0 Å². The Morgan fingerprint density at radius 2 is 1.73 bits per heavy atom. The maximum Gasteiger partial charge on any atom is 0.337 e. The molecule has 26 heavy (non-hydrogen) atoms. The third kappa shape index (κ3) is 4.13. The van der Waals surface area contributed by atoms with Crippen molar-refractivity contribution < 1.29 is 13.9 Å². The molecule has 0 aliphatic carbocycles. The Labute approximate surface area is 150 Å². The number of benzene rings is 2. The van der Waals surface area contributed by atoms with E-state index in [2.05, 4.69) is 20.6 Å². The second-order valence-electron chi connectivity index (χ2n) is 5.49. The van der Waals surface area contributed by atoms with E-state index in [0.717, 1.165) is 0 Å². The van der Waals surface area contributed by atoms with Crippen LogP contribution in [0.1, 0.15) is 16.2 Å². The number of nitrogens with zero attached hydrogens (tertiary/aromatic N) is 2. The molecule has 0 saturated carbocycles. The van der Waals surface area contributed by atoms with Gasteiger partial charge in [0.2, 0.25) is 0 Å². The molecule has 0 amide bonds. The molecule has 0 fully saturated rings. The van der Waals surface area contributed by atoms with E-state index in [9.17, 15) is 9.18 Å². The Kier molecular flexibility index (Phi) is 5.07. The fourth-order valence-electron chi connectivity index (χ4n) is 2.39. The van der Waals surface area contributed by atoms with Crippen molar-refractivity contribution in [1.82, 2.24) is 9.97 Å². The van der Waals surface area contributed by atoms with E-state index in [4.69, 9.17) is 4.74 Å². The highest BCUT2D eigenvalue weighted by molar-refractivity contribution is 5.90. The smallest absolute Gasteiger partial charge is 0.337 e. The molecule has 0 atom stereocenters. The molecule has 0 spiro atoms. The van der Waals surface area contributed by atoms with Crippen molar-refractivity contribution in [1.29, 1.82) is 0 Å². The summed E-state index contributed by atoms with van der Waals surface area (Å²) < 4.78 is 18.5. The summed E-state index contributed by atoms with van der Waals surface area (Å²) in [5.41, 5.74) is 1.42. The zero-order chi connectivity index (χ0) is 18.5. The summed E-state index contributed by atoms with van der Waals surface area (Å²) in [6.45, 7) is 1.74. The van der Waals surface area contributed by atoms with E-state index in [-0.39, 0.29) is 5.82 Å². The lowest BCUT2D eigenvalue weighted by atomic mass is 10.2. The molecule has 6 nitrogen and oxygen atoms in total. The Balaban J connectivity index is 1.84. The van der Waals surface area contributed by atoms with Gasteiger partial charge in [-0.1, -0.05) is 18.2 Å². The number of aromatic nitrogens is 2. The molecule has 0 aliphatic rings. The van der Waals surface area contributed by atoms with Crippen LogP contribution >= 0.6 is 0 Å². The quantitative estimate of drug-likeness (QED) is 0.670. The zero-order valence-electron chi connectivity index (χ0n) is 14.3. The molecule has 7 heteroatoms. The first-order valence-electron chi connectivity index (χ1n) is 7.88. The number of para-hydroxylation sites is 1. The predicted molar refractivity (Wildman–Crippen MR) is 97.5 cm³/mol. The summed E-state index contributed by atoms with van der Waals surface area (Å²) in [4.78, 5) is 20.2. The number of hydrogen-bond acceptors (Lipinski definition) is 6. The summed E-state index contributed by atoms with van der Waals surface area (Å²) in [7, 11) is 1.33. The fourth-order valence-corrected chi connectivity index (χ4v) is 2.39. The van der Waals surface area contributed by atoms with Crippen molar-refractivity contribution in [2.45, 2.75) is 6.92 Å². The van der Waals surface area contributed by atoms with Gasteiger partial charge in [-0.3, -0.25) is 0 Å². The number of esters is 1. The van der Waals surface area contributed by atoms with Gasteiger partial charge in [-0.05, 0) is 37.3 Å². The van der Waals surface area contributed by atoms with Gasteiger partial charge in [0.05, 0.1) is 18.4 Å². The van der Waals surface area contributed by atoms with Crippen molar-refractivity contribution in [3.63, 3.8) is 0 Å². The standard InChI is InChI=1S/C19H17FN4O2/c1-12-21-17(23-14-7-5-6-13(10-14)19(25)26-2)11-18(22-12)24-16-9-4-3-8-15(16)20/h3-11H,1-2H3,(H2,21,22,23,24). The van der Waals surface area contributed by atoms with Crippen LogP contribution in [0.25, 0.3) is 0 Å². The van der Waals surface area contributed by atoms with Crippen LogP contribution in [0.2, 0.25) is 0 Å². The van der Waals surface area contributed by atoms with Gasteiger partial charge < -0.3 is 15.4 Å². The second kappa shape index (κ2) is 7.60. The number of hydrogen-bond donors (Lipinski definition) is 2. The van der Waals surface area contributed by atoms with Gasteiger partial charge in [0.15, 0.2) is 0 Å². The van der Waals surface area contributed by atoms with Crippen LogP contribution in [-0.2, 0) is 4.74 Å². The maximum atomic E-state index is 13.8. The van der Waals surface area contributed by atoms with Gasteiger partial charge >= 0.3 is 5.97 Å². The highest BCUT2D eigenvalue weighted by atomic mass is 19.1. The molecule has 3 rings (SSSR count). The Morgan fingerprint density at radius 3 is 2.46 bits per heavy atom. The number of methoxy groups -OCH3 is 1. The normalized spacial score (nSPS) is 10.3. The number of halogens is 1. The molecule has 0 saturated heterocycles. The monoisotopic (exact) mass is 352 g/mol. The molecule has 1 aromatic heterocycles. The summed E-state index contributed by atoms with van der Waals surface area (Å²) in [5, 5.41) is 6.05. The largest absolute Gasteiger partial charge is 0.465 e. The van der Waals surface area contributed by atoms with E-state index >= 15 is 0 Å². The van der Waals surface area contributed by atoms with Crippen LogP contribution in [0.4, 0.5) is 27.4 Å². The van der Waals surface area contributed by atoms with Crippen molar-refractivity contribution in [2.75, 3.05) is 17.7 Å². The van der Waals surface area contributed by atoms with Gasteiger partial charge in [-0.2, -0.15) is 0 Å². The highest BCUT2D eigenvalue weighted by Gasteiger charge is 2.08. The van der Waals surface area contributed by atoms with Gasteiger partial charge in [-0.25, -0.2) is 19.2 Å². The first-order valence-corrected chi connectivity index (χ1v) is 7.88. The third-order valence-electron chi connectivity index (χ3n) is 3.53. The lowest BCUT2D eigenvalue weighted by Crippen LogP contribution is -2.04. The van der Waals surface area contributed by atoms with Crippen LogP contribution in [0, 0.1) is 12.7 Å². The zero-order valence-corrected chi connectivity index (χ0v) is 14.3. The molecule has 0 radical (unpaired) electrons. The minimum atomic E-state index is -0.422. The van der Waals surface area contributed by atoms with Gasteiger partial charge in [0.1, 0.15) is 23.3 Å². The molecule has 0 bridgehead atoms. The van der Waals surface area contributed by atoms with Gasteiger partial charge in [0, 0.05) is 11.8 Å². The molecule has 2 N–H and O–H groups in total. The van der Waals surface area contributed by atoms with Crippen molar-refractivity contribution in [2.24, 2.45) is 0 Å². The number of aryl methyl sites for hydroxylation is 1. The van der Waals surface area contributed by atoms with Crippen LogP contribution in [-0.4, -0.2) is 23.0 Å². The minimum absolute atomic E-state index is 0.323. The molecule has 132 valence electrons. The molecule has 2 aromatic carbocycles. The topological polar surface area (TPSA) is 76.1 Å². The third-order valence-corrected chi connectivity index (χ3v) is 3.53. The molecule has 0 unspecified atom stereocenters. The first-order chi connectivity index (χ1) is 12.5.